The number of carbonyl (C=O) groups is 2. The molecule has 0 aromatic rings. The highest BCUT2D eigenvalue weighted by Crippen LogP contribution is 2.20. The van der Waals surface area contributed by atoms with E-state index in [1.807, 2.05) is 41.5 Å². The Hall–Kier alpha value is -1.70. The number of carbonyl (C=O) groups excluding carboxylic acids is 2. The van der Waals surface area contributed by atoms with Crippen LogP contribution in [0.5, 0.6) is 0 Å². The Morgan fingerprint density at radius 1 is 0.545 bits per heavy atom. The Morgan fingerprint density at radius 3 is 0.977 bits per heavy atom. The normalized spacial score (nSPS) is 30.8. The van der Waals surface area contributed by atoms with Gasteiger partial charge in [-0.3, -0.25) is 0 Å². The van der Waals surface area contributed by atoms with Crippen molar-refractivity contribution in [3.63, 3.8) is 0 Å². The van der Waals surface area contributed by atoms with Crippen LogP contribution in [0.1, 0.15) is 133 Å². The summed E-state index contributed by atoms with van der Waals surface area (Å²) in [7, 11) is 0. The van der Waals surface area contributed by atoms with Crippen molar-refractivity contribution in [1.82, 2.24) is 10.6 Å². The van der Waals surface area contributed by atoms with E-state index < -0.39 is 23.4 Å². The number of alkyl carbamates (subject to hydrolysis) is 2. The molecule has 264 valence electrons. The van der Waals surface area contributed by atoms with Crippen LogP contribution in [0.15, 0.2) is 0 Å². The SMILES string of the molecule is C.C.CC(C)(C)OC(=O)N[C@@H]1CC[C@H](O)C1.CC(C)(C)OC(=O)N[C@H]1CC[C@@H](O)C1.N[C@@H]1CC[C@H](O)C1.N[C@H]1CC[C@@H](O)C1. The first-order valence-corrected chi connectivity index (χ1v) is 15.5. The average molecular weight is 637 g/mol. The minimum Gasteiger partial charge on any atom is -0.444 e. The van der Waals surface area contributed by atoms with Gasteiger partial charge in [0.05, 0.1) is 24.4 Å². The van der Waals surface area contributed by atoms with Gasteiger partial charge in [-0.25, -0.2) is 9.59 Å². The zero-order chi connectivity index (χ0) is 32.1. The van der Waals surface area contributed by atoms with Crippen molar-refractivity contribution < 1.29 is 39.5 Å². The lowest BCUT2D eigenvalue weighted by atomic mass is 10.2. The van der Waals surface area contributed by atoms with Crippen molar-refractivity contribution in [2.45, 2.75) is 193 Å². The standard InChI is InChI=1S/2C10H19NO3.2C5H11NO.2CH4/c2*1-10(2,3)14-9(13)11-7-4-5-8(12)6-7;2*6-4-1-2-5(7)3-4;;/h2*7-8,12H,4-6H2,1-3H3,(H,11,13);2*4-5,7H,1-3,6H2;2*1H4/t2*7-,8+;2*4-,5+;;/m1010../s1. The first kappa shape index (κ1) is 44.4. The minimum atomic E-state index is -0.457. The molecule has 4 rings (SSSR count). The Morgan fingerprint density at radius 2 is 0.818 bits per heavy atom. The van der Waals surface area contributed by atoms with Crippen molar-refractivity contribution in [2.75, 3.05) is 0 Å². The zero-order valence-electron chi connectivity index (χ0n) is 26.7. The van der Waals surface area contributed by atoms with Crippen molar-refractivity contribution in [1.29, 1.82) is 0 Å². The van der Waals surface area contributed by atoms with Gasteiger partial charge in [0.2, 0.25) is 0 Å². The molecule has 0 bridgehead atoms. The van der Waals surface area contributed by atoms with Crippen LogP contribution in [0.2, 0.25) is 0 Å². The topological polar surface area (TPSA) is 210 Å². The summed E-state index contributed by atoms with van der Waals surface area (Å²) in [5.41, 5.74) is 10.0. The number of ether oxygens (including phenoxy) is 2. The fourth-order valence-corrected chi connectivity index (χ4v) is 5.11. The average Bonchev–Trinajstić information content (AvgIpc) is 3.59. The van der Waals surface area contributed by atoms with Gasteiger partial charge in [-0.15, -0.1) is 0 Å². The second kappa shape index (κ2) is 21.2. The van der Waals surface area contributed by atoms with Crippen LogP contribution in [0.25, 0.3) is 0 Å². The summed E-state index contributed by atoms with van der Waals surface area (Å²) < 4.78 is 10.2. The van der Waals surface area contributed by atoms with E-state index in [4.69, 9.17) is 31.2 Å². The maximum Gasteiger partial charge on any atom is 0.407 e. The monoisotopic (exact) mass is 637 g/mol. The Labute approximate surface area is 267 Å². The lowest BCUT2D eigenvalue weighted by molar-refractivity contribution is 0.0489. The smallest absolute Gasteiger partial charge is 0.407 e. The predicted molar refractivity (Wildman–Crippen MR) is 175 cm³/mol. The van der Waals surface area contributed by atoms with E-state index in [2.05, 4.69) is 10.6 Å². The lowest BCUT2D eigenvalue weighted by Gasteiger charge is -2.21. The lowest BCUT2D eigenvalue weighted by Crippen LogP contribution is -2.38. The Kier molecular flexibility index (Phi) is 21.4. The number of amides is 2. The fourth-order valence-electron chi connectivity index (χ4n) is 5.11. The van der Waals surface area contributed by atoms with E-state index in [1.54, 1.807) is 0 Å². The first-order chi connectivity index (χ1) is 19.3. The van der Waals surface area contributed by atoms with E-state index >= 15 is 0 Å². The number of hydrogen-bond donors (Lipinski definition) is 8. The summed E-state index contributed by atoms with van der Waals surface area (Å²) in [5.74, 6) is 0. The molecule has 0 aromatic heterocycles. The highest BCUT2D eigenvalue weighted by molar-refractivity contribution is 5.68. The summed E-state index contributed by atoms with van der Waals surface area (Å²) in [6.07, 6.45) is 8.37. The third-order valence-corrected chi connectivity index (χ3v) is 7.14. The molecule has 4 saturated carbocycles. The Bertz CT molecular complexity index is 709. The number of rotatable bonds is 2. The summed E-state index contributed by atoms with van der Waals surface area (Å²) in [4.78, 5) is 22.6. The number of aliphatic hydroxyl groups excluding tert-OH is 4. The molecule has 44 heavy (non-hydrogen) atoms. The van der Waals surface area contributed by atoms with Gasteiger partial charge in [0.15, 0.2) is 0 Å². The number of nitrogens with two attached hydrogens (primary N) is 2. The van der Waals surface area contributed by atoms with E-state index in [0.717, 1.165) is 64.2 Å². The van der Waals surface area contributed by atoms with E-state index in [1.165, 1.54) is 0 Å². The first-order valence-electron chi connectivity index (χ1n) is 15.5. The summed E-state index contributed by atoms with van der Waals surface area (Å²) in [6.45, 7) is 11.0. The molecule has 4 aliphatic carbocycles. The number of hydrogen-bond acceptors (Lipinski definition) is 10. The van der Waals surface area contributed by atoms with Crippen LogP contribution in [-0.2, 0) is 9.47 Å². The van der Waals surface area contributed by atoms with Crippen molar-refractivity contribution in [2.24, 2.45) is 11.5 Å². The third-order valence-electron chi connectivity index (χ3n) is 7.14. The summed E-state index contributed by atoms with van der Waals surface area (Å²) in [6, 6.07) is 0.685. The molecule has 8 atom stereocenters. The van der Waals surface area contributed by atoms with Crippen molar-refractivity contribution >= 4 is 12.2 Å². The van der Waals surface area contributed by atoms with Crippen molar-refractivity contribution in [3.05, 3.63) is 0 Å². The van der Waals surface area contributed by atoms with Crippen LogP contribution in [-0.4, -0.2) is 92.4 Å². The van der Waals surface area contributed by atoms with Crippen LogP contribution in [0.4, 0.5) is 9.59 Å². The molecule has 10 N–H and O–H groups in total. The van der Waals surface area contributed by atoms with Gasteiger partial charge >= 0.3 is 12.2 Å². The molecule has 0 saturated heterocycles. The number of aliphatic hydroxyl groups is 4. The molecule has 2 amide bonds. The van der Waals surface area contributed by atoms with Crippen LogP contribution in [0.3, 0.4) is 0 Å². The fraction of sp³-hybridized carbons (Fsp3) is 0.938. The van der Waals surface area contributed by atoms with Gasteiger partial charge in [0.25, 0.3) is 0 Å². The number of nitrogens with one attached hydrogen (secondary N) is 2. The highest BCUT2D eigenvalue weighted by atomic mass is 16.6. The summed E-state index contributed by atoms with van der Waals surface area (Å²) >= 11 is 0. The second-order valence-electron chi connectivity index (χ2n) is 14.1. The van der Waals surface area contributed by atoms with Crippen LogP contribution in [0, 0.1) is 0 Å². The predicted octanol–water partition coefficient (Wildman–Crippen LogP) is 3.84. The molecule has 0 aromatic carbocycles. The molecule has 4 fully saturated rings. The van der Waals surface area contributed by atoms with E-state index in [-0.39, 0.29) is 63.4 Å². The maximum atomic E-state index is 11.3. The van der Waals surface area contributed by atoms with Crippen LogP contribution < -0.4 is 22.1 Å². The molecular formula is C32H68N4O8. The van der Waals surface area contributed by atoms with Gasteiger partial charge in [-0.05, 0) is 119 Å². The quantitative estimate of drug-likeness (QED) is 0.219. The summed E-state index contributed by atoms with van der Waals surface area (Å²) in [5, 5.41) is 41.6. The molecule has 0 aliphatic heterocycles. The van der Waals surface area contributed by atoms with Gasteiger partial charge in [0, 0.05) is 24.2 Å². The molecule has 12 heteroatoms. The third kappa shape index (κ3) is 22.8. The molecule has 0 radical (unpaired) electrons. The molecule has 12 nitrogen and oxygen atoms in total. The minimum absolute atomic E-state index is 0. The van der Waals surface area contributed by atoms with Crippen molar-refractivity contribution in [3.8, 4) is 0 Å². The molecule has 0 spiro atoms. The maximum absolute atomic E-state index is 11.3. The van der Waals surface area contributed by atoms with Gasteiger partial charge in [0.1, 0.15) is 11.2 Å². The molecular weight excluding hydrogens is 568 g/mol. The van der Waals surface area contributed by atoms with E-state index in [9.17, 15) is 19.8 Å². The largest absolute Gasteiger partial charge is 0.444 e. The van der Waals surface area contributed by atoms with E-state index in [0.29, 0.717) is 12.8 Å². The highest BCUT2D eigenvalue weighted by Gasteiger charge is 2.27. The van der Waals surface area contributed by atoms with Gasteiger partial charge in [-0.1, -0.05) is 14.9 Å². The molecule has 0 unspecified atom stereocenters. The molecule has 0 heterocycles. The molecule has 4 aliphatic rings. The second-order valence-corrected chi connectivity index (χ2v) is 14.1. The zero-order valence-corrected chi connectivity index (χ0v) is 26.7. The Balaban J connectivity index is 0. The van der Waals surface area contributed by atoms with Gasteiger partial charge in [-0.2, -0.15) is 0 Å². The van der Waals surface area contributed by atoms with Gasteiger partial charge < -0.3 is 52.0 Å². The van der Waals surface area contributed by atoms with Crippen LogP contribution >= 0.6 is 0 Å².